The van der Waals surface area contributed by atoms with E-state index in [2.05, 4.69) is 0 Å². The predicted octanol–water partition coefficient (Wildman–Crippen LogP) is 1.08. The Bertz CT molecular complexity index is 548. The molecular weight excluding hydrogens is 262 g/mol. The van der Waals surface area contributed by atoms with Gasteiger partial charge in [0.05, 0.1) is 0 Å². The molecule has 0 bridgehead atoms. The zero-order valence-corrected chi connectivity index (χ0v) is 10.5. The molecule has 1 aliphatic rings. The van der Waals surface area contributed by atoms with Crippen LogP contribution in [0.15, 0.2) is 23.1 Å². The van der Waals surface area contributed by atoms with Crippen LogP contribution < -0.4 is 5.73 Å². The van der Waals surface area contributed by atoms with Crippen molar-refractivity contribution in [2.75, 3.05) is 13.1 Å². The normalized spacial score (nSPS) is 21.4. The monoisotopic (exact) mass is 276 g/mol. The Morgan fingerprint density at radius 1 is 1.39 bits per heavy atom. The maximum absolute atomic E-state index is 13.6. The van der Waals surface area contributed by atoms with Crippen molar-refractivity contribution in [1.82, 2.24) is 4.31 Å². The average Bonchev–Trinajstić information content (AvgIpc) is 2.76. The van der Waals surface area contributed by atoms with E-state index in [9.17, 15) is 17.2 Å². The molecule has 0 radical (unpaired) electrons. The lowest BCUT2D eigenvalue weighted by Gasteiger charge is -2.22. The molecule has 0 spiro atoms. The average molecular weight is 276 g/mol. The maximum Gasteiger partial charge on any atom is 0.246 e. The number of hydrogen-bond acceptors (Lipinski definition) is 3. The van der Waals surface area contributed by atoms with Gasteiger partial charge in [-0.3, -0.25) is 0 Å². The number of hydrogen-bond donors (Lipinski definition) is 1. The van der Waals surface area contributed by atoms with Gasteiger partial charge in [0.1, 0.15) is 16.5 Å². The first-order valence-corrected chi connectivity index (χ1v) is 7.08. The molecule has 1 aromatic carbocycles. The second-order valence-corrected chi connectivity index (χ2v) is 6.08. The summed E-state index contributed by atoms with van der Waals surface area (Å²) < 4.78 is 52.0. The van der Waals surface area contributed by atoms with Gasteiger partial charge in [0, 0.05) is 25.2 Å². The van der Waals surface area contributed by atoms with Crippen LogP contribution in [0, 0.1) is 11.6 Å². The smallest absolute Gasteiger partial charge is 0.246 e. The quantitative estimate of drug-likeness (QED) is 0.898. The first kappa shape index (κ1) is 13.4. The molecule has 1 aliphatic heterocycles. The molecule has 2 N–H and O–H groups in total. The van der Waals surface area contributed by atoms with Crippen molar-refractivity contribution in [3.63, 3.8) is 0 Å². The molecule has 1 heterocycles. The number of nitrogens with zero attached hydrogens (tertiary/aromatic N) is 1. The summed E-state index contributed by atoms with van der Waals surface area (Å²) in [6.07, 6.45) is 1.36. The number of nitrogens with two attached hydrogens (primary N) is 1. The van der Waals surface area contributed by atoms with Gasteiger partial charge in [-0.15, -0.1) is 0 Å². The molecule has 0 saturated carbocycles. The Labute approximate surface area is 104 Å². The number of benzene rings is 1. The van der Waals surface area contributed by atoms with Gasteiger partial charge < -0.3 is 5.73 Å². The SMILES string of the molecule is NCC1CCCN1S(=O)(=O)c1ccc(F)cc1F. The summed E-state index contributed by atoms with van der Waals surface area (Å²) in [4.78, 5) is -0.496. The van der Waals surface area contributed by atoms with Crippen LogP contribution in [-0.4, -0.2) is 31.9 Å². The second-order valence-electron chi connectivity index (χ2n) is 4.22. The molecule has 18 heavy (non-hydrogen) atoms. The van der Waals surface area contributed by atoms with E-state index < -0.39 is 26.6 Å². The van der Waals surface area contributed by atoms with E-state index in [-0.39, 0.29) is 12.6 Å². The van der Waals surface area contributed by atoms with Crippen molar-refractivity contribution in [3.8, 4) is 0 Å². The standard InChI is InChI=1S/C11H14F2N2O2S/c12-8-3-4-11(10(13)6-8)18(16,17)15-5-1-2-9(15)7-14/h3-4,6,9H,1-2,5,7,14H2. The maximum atomic E-state index is 13.6. The van der Waals surface area contributed by atoms with Crippen LogP contribution in [0.25, 0.3) is 0 Å². The van der Waals surface area contributed by atoms with Crippen molar-refractivity contribution < 1.29 is 17.2 Å². The fourth-order valence-electron chi connectivity index (χ4n) is 2.17. The van der Waals surface area contributed by atoms with Gasteiger partial charge >= 0.3 is 0 Å². The van der Waals surface area contributed by atoms with Crippen molar-refractivity contribution in [2.24, 2.45) is 5.73 Å². The van der Waals surface area contributed by atoms with Crippen molar-refractivity contribution in [1.29, 1.82) is 0 Å². The van der Waals surface area contributed by atoms with E-state index in [1.807, 2.05) is 0 Å². The highest BCUT2D eigenvalue weighted by Gasteiger charge is 2.35. The summed E-state index contributed by atoms with van der Waals surface area (Å²) in [5.41, 5.74) is 5.50. The zero-order chi connectivity index (χ0) is 13.3. The van der Waals surface area contributed by atoms with E-state index in [1.54, 1.807) is 0 Å². The predicted molar refractivity (Wildman–Crippen MR) is 62.3 cm³/mol. The second kappa shape index (κ2) is 4.91. The van der Waals surface area contributed by atoms with Crippen molar-refractivity contribution in [3.05, 3.63) is 29.8 Å². The first-order chi connectivity index (χ1) is 8.46. The van der Waals surface area contributed by atoms with Crippen LogP contribution in [-0.2, 0) is 10.0 Å². The van der Waals surface area contributed by atoms with Crippen LogP contribution >= 0.6 is 0 Å². The Morgan fingerprint density at radius 2 is 2.11 bits per heavy atom. The van der Waals surface area contributed by atoms with Gasteiger partial charge in [0.25, 0.3) is 0 Å². The molecule has 100 valence electrons. The molecule has 7 heteroatoms. The third kappa shape index (κ3) is 2.25. The number of halogens is 2. The van der Waals surface area contributed by atoms with E-state index in [0.717, 1.165) is 12.1 Å². The van der Waals surface area contributed by atoms with E-state index in [4.69, 9.17) is 5.73 Å². The summed E-state index contributed by atoms with van der Waals surface area (Å²) in [7, 11) is -3.94. The Kier molecular flexibility index (Phi) is 3.65. The van der Waals surface area contributed by atoms with Gasteiger partial charge in [0.15, 0.2) is 0 Å². The first-order valence-electron chi connectivity index (χ1n) is 5.64. The van der Waals surface area contributed by atoms with Gasteiger partial charge in [-0.1, -0.05) is 0 Å². The lowest BCUT2D eigenvalue weighted by molar-refractivity contribution is 0.390. The highest BCUT2D eigenvalue weighted by molar-refractivity contribution is 7.89. The van der Waals surface area contributed by atoms with Crippen LogP contribution in [0.1, 0.15) is 12.8 Å². The molecule has 2 rings (SSSR count). The van der Waals surface area contributed by atoms with Crippen molar-refractivity contribution >= 4 is 10.0 Å². The highest BCUT2D eigenvalue weighted by Crippen LogP contribution is 2.27. The Balaban J connectivity index is 2.42. The molecule has 0 aliphatic carbocycles. The fraction of sp³-hybridized carbons (Fsp3) is 0.455. The molecule has 1 atom stereocenters. The van der Waals surface area contributed by atoms with E-state index >= 15 is 0 Å². The summed E-state index contributed by atoms with van der Waals surface area (Å²) in [6, 6.07) is 2.15. The highest BCUT2D eigenvalue weighted by atomic mass is 32.2. The van der Waals surface area contributed by atoms with E-state index in [1.165, 1.54) is 4.31 Å². The van der Waals surface area contributed by atoms with Crippen molar-refractivity contribution in [2.45, 2.75) is 23.8 Å². The largest absolute Gasteiger partial charge is 0.329 e. The summed E-state index contributed by atoms with van der Waals surface area (Å²) in [5, 5.41) is 0. The minimum Gasteiger partial charge on any atom is -0.329 e. The summed E-state index contributed by atoms with van der Waals surface area (Å²) >= 11 is 0. The third-order valence-electron chi connectivity index (χ3n) is 3.08. The topological polar surface area (TPSA) is 63.4 Å². The molecule has 1 fully saturated rings. The molecule has 0 aromatic heterocycles. The summed E-state index contributed by atoms with van der Waals surface area (Å²) in [5.74, 6) is -1.87. The van der Waals surface area contributed by atoms with E-state index in [0.29, 0.717) is 25.5 Å². The fourth-order valence-corrected chi connectivity index (χ4v) is 3.92. The molecule has 0 amide bonds. The van der Waals surface area contributed by atoms with Crippen LogP contribution in [0.2, 0.25) is 0 Å². The van der Waals surface area contributed by atoms with Crippen LogP contribution in [0.3, 0.4) is 0 Å². The minimum atomic E-state index is -3.94. The zero-order valence-electron chi connectivity index (χ0n) is 9.64. The molecule has 1 unspecified atom stereocenters. The third-order valence-corrected chi connectivity index (χ3v) is 5.06. The molecule has 1 saturated heterocycles. The van der Waals surface area contributed by atoms with Gasteiger partial charge in [-0.05, 0) is 25.0 Å². The number of rotatable bonds is 3. The molecule has 4 nitrogen and oxygen atoms in total. The van der Waals surface area contributed by atoms with Crippen LogP contribution in [0.4, 0.5) is 8.78 Å². The van der Waals surface area contributed by atoms with Gasteiger partial charge in [-0.2, -0.15) is 4.31 Å². The van der Waals surface area contributed by atoms with Gasteiger partial charge in [-0.25, -0.2) is 17.2 Å². The lowest BCUT2D eigenvalue weighted by Crippen LogP contribution is -2.40. The summed E-state index contributed by atoms with van der Waals surface area (Å²) in [6.45, 7) is 0.517. The minimum absolute atomic E-state index is 0.196. The Morgan fingerprint density at radius 3 is 2.72 bits per heavy atom. The Hall–Kier alpha value is -1.05. The van der Waals surface area contributed by atoms with Crippen LogP contribution in [0.5, 0.6) is 0 Å². The van der Waals surface area contributed by atoms with Gasteiger partial charge in [0.2, 0.25) is 10.0 Å². The number of sulfonamides is 1. The molecular formula is C11H14F2N2O2S. The lowest BCUT2D eigenvalue weighted by atomic mass is 10.2. The molecule has 1 aromatic rings.